The van der Waals surface area contributed by atoms with Gasteiger partial charge in [-0.3, -0.25) is 4.90 Å². The third-order valence-electron chi connectivity index (χ3n) is 6.17. The number of piperidine rings is 1. The second-order valence-electron chi connectivity index (χ2n) is 9.59. The van der Waals surface area contributed by atoms with Gasteiger partial charge in [0, 0.05) is 11.8 Å². The molecule has 0 aliphatic carbocycles. The normalized spacial score (nSPS) is 15.4. The molecular formula is C27H35ClN2O2. The van der Waals surface area contributed by atoms with E-state index in [0.717, 1.165) is 62.0 Å². The molecule has 0 spiro atoms. The Bertz CT molecular complexity index is 986. The van der Waals surface area contributed by atoms with Crippen molar-refractivity contribution in [2.24, 2.45) is 0 Å². The average molecular weight is 455 g/mol. The number of hydrogen-bond acceptors (Lipinski definition) is 4. The lowest BCUT2D eigenvalue weighted by atomic mass is 9.88. The van der Waals surface area contributed by atoms with E-state index in [1.165, 1.54) is 11.1 Å². The fraction of sp³-hybridized carbons (Fsp3) is 0.444. The smallest absolute Gasteiger partial charge is 0.200 e. The zero-order valence-corrected chi connectivity index (χ0v) is 20.5. The van der Waals surface area contributed by atoms with Crippen molar-refractivity contribution < 1.29 is 9.15 Å². The Kier molecular flexibility index (Phi) is 8.02. The van der Waals surface area contributed by atoms with E-state index in [9.17, 15) is 0 Å². The minimum atomic E-state index is -0.0967. The van der Waals surface area contributed by atoms with Gasteiger partial charge in [-0.25, -0.2) is 4.98 Å². The van der Waals surface area contributed by atoms with Crippen LogP contribution >= 0.6 is 12.4 Å². The number of nitrogens with zero attached hydrogens (tertiary/aromatic N) is 2. The minimum absolute atomic E-state index is 0. The number of hydrogen-bond donors (Lipinski definition) is 0. The van der Waals surface area contributed by atoms with Gasteiger partial charge in [-0.15, -0.1) is 12.4 Å². The largest absolute Gasteiger partial charge is 0.496 e. The molecule has 0 N–H and O–H groups in total. The zero-order chi connectivity index (χ0) is 21.8. The Morgan fingerprint density at radius 2 is 1.66 bits per heavy atom. The van der Waals surface area contributed by atoms with Crippen molar-refractivity contribution in [3.8, 4) is 5.75 Å². The van der Waals surface area contributed by atoms with Gasteiger partial charge in [-0.1, -0.05) is 69.3 Å². The molecular weight excluding hydrogens is 420 g/mol. The molecule has 0 amide bonds. The van der Waals surface area contributed by atoms with Gasteiger partial charge in [0.05, 0.1) is 19.3 Å². The molecule has 2 aromatic carbocycles. The van der Waals surface area contributed by atoms with Crippen LogP contribution in [0.4, 0.5) is 0 Å². The molecule has 3 aromatic rings. The molecule has 0 saturated carbocycles. The molecule has 2 heterocycles. The summed E-state index contributed by atoms with van der Waals surface area (Å²) in [6.45, 7) is 9.41. The van der Waals surface area contributed by atoms with Crippen LogP contribution in [0.25, 0.3) is 0 Å². The molecule has 32 heavy (non-hydrogen) atoms. The highest BCUT2D eigenvalue weighted by Gasteiger charge is 2.27. The Hall–Kier alpha value is -2.30. The minimum Gasteiger partial charge on any atom is -0.496 e. The molecule has 172 valence electrons. The van der Waals surface area contributed by atoms with Crippen LogP contribution < -0.4 is 4.74 Å². The van der Waals surface area contributed by atoms with Gasteiger partial charge in [0.15, 0.2) is 5.89 Å². The van der Waals surface area contributed by atoms with Gasteiger partial charge >= 0.3 is 0 Å². The van der Waals surface area contributed by atoms with Gasteiger partial charge in [0.1, 0.15) is 11.5 Å². The Balaban J connectivity index is 0.00000289. The van der Waals surface area contributed by atoms with E-state index in [0.29, 0.717) is 5.92 Å². The maximum Gasteiger partial charge on any atom is 0.200 e. The molecule has 0 bridgehead atoms. The predicted octanol–water partition coefficient (Wildman–Crippen LogP) is 6.37. The molecule has 4 rings (SSSR count). The highest BCUT2D eigenvalue weighted by molar-refractivity contribution is 5.85. The van der Waals surface area contributed by atoms with Crippen molar-refractivity contribution in [3.63, 3.8) is 0 Å². The van der Waals surface area contributed by atoms with Gasteiger partial charge in [0.2, 0.25) is 0 Å². The molecule has 1 saturated heterocycles. The lowest BCUT2D eigenvalue weighted by molar-refractivity contribution is 0.186. The number of ether oxygens (including phenoxy) is 1. The first-order valence-corrected chi connectivity index (χ1v) is 11.3. The van der Waals surface area contributed by atoms with Gasteiger partial charge in [-0.05, 0) is 49.0 Å². The second-order valence-corrected chi connectivity index (χ2v) is 9.59. The average Bonchev–Trinajstić information content (AvgIpc) is 3.18. The molecule has 0 unspecified atom stereocenters. The summed E-state index contributed by atoms with van der Waals surface area (Å²) in [7, 11) is 1.76. The summed E-state index contributed by atoms with van der Waals surface area (Å²) in [5.74, 6) is 3.41. The fourth-order valence-corrected chi connectivity index (χ4v) is 4.36. The van der Waals surface area contributed by atoms with Crippen LogP contribution in [-0.4, -0.2) is 30.1 Å². The van der Waals surface area contributed by atoms with Crippen LogP contribution in [0, 0.1) is 0 Å². The fourth-order valence-electron chi connectivity index (χ4n) is 4.36. The summed E-state index contributed by atoms with van der Waals surface area (Å²) in [5.41, 5.74) is 3.58. The lowest BCUT2D eigenvalue weighted by Gasteiger charge is -2.32. The first-order valence-electron chi connectivity index (χ1n) is 11.3. The van der Waals surface area contributed by atoms with Gasteiger partial charge in [-0.2, -0.15) is 0 Å². The Labute approximate surface area is 198 Å². The molecule has 0 radical (unpaired) electrons. The molecule has 4 nitrogen and oxygen atoms in total. The molecule has 0 atom stereocenters. The van der Waals surface area contributed by atoms with Crippen molar-refractivity contribution in [1.82, 2.24) is 9.88 Å². The summed E-state index contributed by atoms with van der Waals surface area (Å²) in [6, 6.07) is 19.0. The van der Waals surface area contributed by atoms with Crippen LogP contribution in [0.5, 0.6) is 5.75 Å². The molecule has 5 heteroatoms. The number of rotatable bonds is 6. The third kappa shape index (κ3) is 5.73. The van der Waals surface area contributed by atoms with E-state index in [1.54, 1.807) is 7.11 Å². The number of para-hydroxylation sites is 1. The van der Waals surface area contributed by atoms with E-state index in [4.69, 9.17) is 14.1 Å². The first kappa shape index (κ1) is 24.3. The predicted molar refractivity (Wildman–Crippen MR) is 132 cm³/mol. The van der Waals surface area contributed by atoms with E-state index >= 15 is 0 Å². The summed E-state index contributed by atoms with van der Waals surface area (Å²) in [4.78, 5) is 7.42. The van der Waals surface area contributed by atoms with Crippen LogP contribution in [-0.2, 0) is 18.4 Å². The Morgan fingerprint density at radius 3 is 2.31 bits per heavy atom. The second kappa shape index (κ2) is 10.5. The molecule has 1 aliphatic heterocycles. The van der Waals surface area contributed by atoms with Crippen molar-refractivity contribution in [2.75, 3.05) is 20.2 Å². The summed E-state index contributed by atoms with van der Waals surface area (Å²) >= 11 is 0. The maximum absolute atomic E-state index is 6.33. The van der Waals surface area contributed by atoms with E-state index < -0.39 is 0 Å². The lowest BCUT2D eigenvalue weighted by Crippen LogP contribution is -2.32. The molecule has 1 fully saturated rings. The SMILES string of the molecule is COc1ccccc1C1CCN(Cc2oc(C(C)(C)C)nc2Cc2ccccc2)CC1.Cl. The van der Waals surface area contributed by atoms with Crippen molar-refractivity contribution in [3.05, 3.63) is 83.1 Å². The van der Waals surface area contributed by atoms with Crippen molar-refractivity contribution >= 4 is 12.4 Å². The van der Waals surface area contributed by atoms with Crippen molar-refractivity contribution in [1.29, 1.82) is 0 Å². The first-order chi connectivity index (χ1) is 14.9. The summed E-state index contributed by atoms with van der Waals surface area (Å²) in [5, 5.41) is 0. The standard InChI is InChI=1S/C27H34N2O2.ClH/c1-27(2,3)26-28-23(18-20-10-6-5-7-11-20)25(31-26)19-29-16-14-21(15-17-29)22-12-8-9-13-24(22)30-4;/h5-13,21H,14-19H2,1-4H3;1H. The molecule has 1 aliphatic rings. The summed E-state index contributed by atoms with van der Waals surface area (Å²) in [6.07, 6.45) is 3.08. The summed E-state index contributed by atoms with van der Waals surface area (Å²) < 4.78 is 11.9. The number of halogens is 1. The van der Waals surface area contributed by atoms with Crippen LogP contribution in [0.2, 0.25) is 0 Å². The Morgan fingerprint density at radius 1 is 1.00 bits per heavy atom. The molecule has 1 aromatic heterocycles. The van der Waals surface area contributed by atoms with E-state index in [1.807, 2.05) is 6.07 Å². The number of aromatic nitrogens is 1. The highest BCUT2D eigenvalue weighted by Crippen LogP contribution is 2.35. The topological polar surface area (TPSA) is 38.5 Å². The number of methoxy groups -OCH3 is 1. The number of benzene rings is 2. The van der Waals surface area contributed by atoms with Crippen LogP contribution in [0.3, 0.4) is 0 Å². The van der Waals surface area contributed by atoms with Gasteiger partial charge < -0.3 is 9.15 Å². The number of likely N-dealkylation sites (tertiary alicyclic amines) is 1. The van der Waals surface area contributed by atoms with Crippen molar-refractivity contribution in [2.45, 2.75) is 57.9 Å². The number of oxazole rings is 1. The third-order valence-corrected chi connectivity index (χ3v) is 6.17. The maximum atomic E-state index is 6.33. The van der Waals surface area contributed by atoms with Crippen LogP contribution in [0.15, 0.2) is 59.0 Å². The highest BCUT2D eigenvalue weighted by atomic mass is 35.5. The monoisotopic (exact) mass is 454 g/mol. The van der Waals surface area contributed by atoms with E-state index in [-0.39, 0.29) is 17.8 Å². The zero-order valence-electron chi connectivity index (χ0n) is 19.6. The van der Waals surface area contributed by atoms with Gasteiger partial charge in [0.25, 0.3) is 0 Å². The van der Waals surface area contributed by atoms with E-state index in [2.05, 4.69) is 74.2 Å². The van der Waals surface area contributed by atoms with Crippen LogP contribution in [0.1, 0.15) is 68.0 Å². The quantitative estimate of drug-likeness (QED) is 0.433.